The highest BCUT2D eigenvalue weighted by Gasteiger charge is 1.98. The summed E-state index contributed by atoms with van der Waals surface area (Å²) < 4.78 is 13.2. The van der Waals surface area contributed by atoms with Crippen LogP contribution in [-0.2, 0) is 0 Å². The molecular formula is C13H20FNS. The Morgan fingerprint density at radius 2 is 2.00 bits per heavy atom. The predicted octanol–water partition coefficient (Wildman–Crippen LogP) is 4.51. The first-order valence-corrected chi connectivity index (χ1v) is 7.06. The molecule has 16 heavy (non-hydrogen) atoms. The maximum absolute atomic E-state index is 13.2. The van der Waals surface area contributed by atoms with Crippen molar-refractivity contribution in [2.75, 3.05) is 16.9 Å². The molecule has 1 aromatic carbocycles. The van der Waals surface area contributed by atoms with Gasteiger partial charge in [0.15, 0.2) is 0 Å². The number of rotatable bonds is 8. The molecule has 0 saturated heterocycles. The first kappa shape index (κ1) is 13.4. The Balaban J connectivity index is 2.05. The van der Waals surface area contributed by atoms with Crippen LogP contribution < -0.4 is 5.32 Å². The largest absolute Gasteiger partial charge is 0.374 e. The van der Waals surface area contributed by atoms with Crippen LogP contribution in [0.2, 0.25) is 0 Å². The second kappa shape index (κ2) is 8.45. The minimum absolute atomic E-state index is 0.172. The Morgan fingerprint density at radius 1 is 1.19 bits per heavy atom. The van der Waals surface area contributed by atoms with Gasteiger partial charge in [-0.25, -0.2) is 4.39 Å². The lowest BCUT2D eigenvalue weighted by atomic mass is 10.2. The fourth-order valence-corrected chi connectivity index (χ4v) is 2.25. The Hall–Kier alpha value is -0.700. The van der Waals surface area contributed by atoms with E-state index in [1.54, 1.807) is 12.1 Å². The normalized spacial score (nSPS) is 10.4. The van der Waals surface area contributed by atoms with Crippen molar-refractivity contribution in [3.63, 3.8) is 0 Å². The molecule has 0 aliphatic rings. The number of nitrogens with one attached hydrogen (secondary N) is 1. The van der Waals surface area contributed by atoms with Crippen LogP contribution in [-0.4, -0.2) is 11.6 Å². The van der Waals surface area contributed by atoms with Crippen LogP contribution in [0.3, 0.4) is 0 Å². The Bertz CT molecular complexity index is 291. The zero-order valence-corrected chi connectivity index (χ0v) is 10.7. The molecule has 0 amide bonds. The van der Waals surface area contributed by atoms with Crippen molar-refractivity contribution in [3.8, 4) is 0 Å². The molecule has 0 aromatic heterocycles. The highest BCUT2D eigenvalue weighted by molar-refractivity contribution is 7.99. The van der Waals surface area contributed by atoms with E-state index in [1.165, 1.54) is 31.7 Å². The molecular weight excluding hydrogens is 221 g/mol. The maximum atomic E-state index is 13.2. The molecule has 1 aromatic rings. The third-order valence-corrected chi connectivity index (χ3v) is 3.31. The molecule has 0 atom stereocenters. The number of benzene rings is 1. The third-order valence-electron chi connectivity index (χ3n) is 2.38. The Labute approximate surface area is 102 Å². The summed E-state index contributed by atoms with van der Waals surface area (Å²) in [4.78, 5) is 0. The first-order valence-electron chi connectivity index (χ1n) is 5.90. The number of para-hydroxylation sites is 1. The summed E-state index contributed by atoms with van der Waals surface area (Å²) in [7, 11) is 0. The van der Waals surface area contributed by atoms with Crippen molar-refractivity contribution >= 4 is 17.4 Å². The standard InChI is InChI=1S/C13H20FNS/c1-2-3-4-7-10-16-11-15-13-9-6-5-8-12(13)14/h5-6,8-9,15H,2-4,7,10-11H2,1H3. The van der Waals surface area contributed by atoms with Gasteiger partial charge in [0.1, 0.15) is 5.82 Å². The van der Waals surface area contributed by atoms with E-state index < -0.39 is 0 Å². The second-order valence-corrected chi connectivity index (χ2v) is 4.88. The summed E-state index contributed by atoms with van der Waals surface area (Å²) in [6, 6.07) is 6.80. The summed E-state index contributed by atoms with van der Waals surface area (Å²) in [5.74, 6) is 1.77. The zero-order valence-electron chi connectivity index (χ0n) is 9.84. The summed E-state index contributed by atoms with van der Waals surface area (Å²) >= 11 is 1.83. The van der Waals surface area contributed by atoms with Crippen molar-refractivity contribution < 1.29 is 4.39 Å². The monoisotopic (exact) mass is 241 g/mol. The van der Waals surface area contributed by atoms with Gasteiger partial charge in [0.05, 0.1) is 11.6 Å². The van der Waals surface area contributed by atoms with Gasteiger partial charge in [0.2, 0.25) is 0 Å². The van der Waals surface area contributed by atoms with Crippen molar-refractivity contribution in [2.45, 2.75) is 32.6 Å². The van der Waals surface area contributed by atoms with Crippen LogP contribution in [0.15, 0.2) is 24.3 Å². The number of halogens is 1. The third kappa shape index (κ3) is 5.40. The van der Waals surface area contributed by atoms with Crippen LogP contribution in [0, 0.1) is 5.82 Å². The van der Waals surface area contributed by atoms with E-state index in [-0.39, 0.29) is 5.82 Å². The quantitative estimate of drug-likeness (QED) is 0.531. The molecule has 0 spiro atoms. The molecule has 0 fully saturated rings. The fraction of sp³-hybridized carbons (Fsp3) is 0.538. The van der Waals surface area contributed by atoms with Crippen molar-refractivity contribution in [1.29, 1.82) is 0 Å². The highest BCUT2D eigenvalue weighted by Crippen LogP contribution is 2.14. The summed E-state index contributed by atoms with van der Waals surface area (Å²) in [5.41, 5.74) is 0.601. The fourth-order valence-electron chi connectivity index (χ4n) is 1.44. The van der Waals surface area contributed by atoms with Crippen LogP contribution >= 0.6 is 11.8 Å². The molecule has 90 valence electrons. The van der Waals surface area contributed by atoms with Crippen molar-refractivity contribution in [2.24, 2.45) is 0 Å². The smallest absolute Gasteiger partial charge is 0.146 e. The molecule has 0 heterocycles. The average molecular weight is 241 g/mol. The molecule has 0 unspecified atom stereocenters. The van der Waals surface area contributed by atoms with Crippen LogP contribution in [0.4, 0.5) is 10.1 Å². The molecule has 1 rings (SSSR count). The van der Waals surface area contributed by atoms with Crippen molar-refractivity contribution in [1.82, 2.24) is 0 Å². The van der Waals surface area contributed by atoms with E-state index in [4.69, 9.17) is 0 Å². The maximum Gasteiger partial charge on any atom is 0.146 e. The lowest BCUT2D eigenvalue weighted by Crippen LogP contribution is -2.00. The van der Waals surface area contributed by atoms with E-state index in [0.717, 1.165) is 11.6 Å². The van der Waals surface area contributed by atoms with E-state index in [2.05, 4.69) is 12.2 Å². The first-order chi connectivity index (χ1) is 7.84. The zero-order chi connectivity index (χ0) is 11.6. The van der Waals surface area contributed by atoms with E-state index in [9.17, 15) is 4.39 Å². The minimum Gasteiger partial charge on any atom is -0.374 e. The lowest BCUT2D eigenvalue weighted by Gasteiger charge is -2.06. The molecule has 1 N–H and O–H groups in total. The second-order valence-electron chi connectivity index (χ2n) is 3.77. The van der Waals surface area contributed by atoms with Crippen LogP contribution in [0.5, 0.6) is 0 Å². The van der Waals surface area contributed by atoms with Gasteiger partial charge in [-0.2, -0.15) is 0 Å². The Kier molecular flexibility index (Phi) is 7.06. The molecule has 3 heteroatoms. The lowest BCUT2D eigenvalue weighted by molar-refractivity contribution is 0.631. The van der Waals surface area contributed by atoms with Gasteiger partial charge in [-0.15, -0.1) is 11.8 Å². The molecule has 1 nitrogen and oxygen atoms in total. The SMILES string of the molecule is CCCCCCSCNc1ccccc1F. The number of anilines is 1. The summed E-state index contributed by atoms with van der Waals surface area (Å²) in [6.07, 6.45) is 5.17. The van der Waals surface area contributed by atoms with Gasteiger partial charge in [0.25, 0.3) is 0 Å². The molecule has 0 saturated carbocycles. The van der Waals surface area contributed by atoms with Gasteiger partial charge in [-0.3, -0.25) is 0 Å². The number of hydrogen-bond donors (Lipinski definition) is 1. The van der Waals surface area contributed by atoms with Gasteiger partial charge < -0.3 is 5.32 Å². The van der Waals surface area contributed by atoms with Gasteiger partial charge in [-0.05, 0) is 24.3 Å². The van der Waals surface area contributed by atoms with Gasteiger partial charge >= 0.3 is 0 Å². The topological polar surface area (TPSA) is 12.0 Å². The molecule has 0 radical (unpaired) electrons. The molecule has 0 aliphatic carbocycles. The van der Waals surface area contributed by atoms with Gasteiger partial charge in [0, 0.05) is 0 Å². The molecule has 0 aliphatic heterocycles. The van der Waals surface area contributed by atoms with Crippen LogP contribution in [0.25, 0.3) is 0 Å². The van der Waals surface area contributed by atoms with E-state index >= 15 is 0 Å². The van der Waals surface area contributed by atoms with E-state index in [1.807, 2.05) is 17.8 Å². The number of thioether (sulfide) groups is 1. The van der Waals surface area contributed by atoms with Gasteiger partial charge in [-0.1, -0.05) is 38.3 Å². The van der Waals surface area contributed by atoms with Crippen LogP contribution in [0.1, 0.15) is 32.6 Å². The summed E-state index contributed by atoms with van der Waals surface area (Å²) in [6.45, 7) is 2.22. The summed E-state index contributed by atoms with van der Waals surface area (Å²) in [5, 5.41) is 3.09. The highest BCUT2D eigenvalue weighted by atomic mass is 32.2. The van der Waals surface area contributed by atoms with E-state index in [0.29, 0.717) is 5.69 Å². The predicted molar refractivity (Wildman–Crippen MR) is 71.5 cm³/mol. The number of unbranched alkanes of at least 4 members (excludes halogenated alkanes) is 3. The van der Waals surface area contributed by atoms with Crippen molar-refractivity contribution in [3.05, 3.63) is 30.1 Å². The average Bonchev–Trinajstić information content (AvgIpc) is 2.30. The Morgan fingerprint density at radius 3 is 2.75 bits per heavy atom. The molecule has 0 bridgehead atoms. The number of hydrogen-bond acceptors (Lipinski definition) is 2. The minimum atomic E-state index is -0.172.